The molecule has 0 unspecified atom stereocenters. The zero-order valence-electron chi connectivity index (χ0n) is 13.5. The minimum Gasteiger partial charge on any atom is -0.481 e. The summed E-state index contributed by atoms with van der Waals surface area (Å²) in [5.74, 6) is 0.580. The maximum Gasteiger partial charge on any atom is 0.267 e. The summed E-state index contributed by atoms with van der Waals surface area (Å²) in [6, 6.07) is 12.6. The highest BCUT2D eigenvalue weighted by atomic mass is 19.1. The molecule has 1 atom stereocenters. The van der Waals surface area contributed by atoms with Crippen LogP contribution in [0.25, 0.3) is 0 Å². The summed E-state index contributed by atoms with van der Waals surface area (Å²) < 4.78 is 23.9. The first-order chi connectivity index (χ1) is 12.0. The lowest BCUT2D eigenvalue weighted by atomic mass is 10.1. The Morgan fingerprint density at radius 1 is 1.20 bits per heavy atom. The number of nitrogens with zero attached hydrogens (tertiary/aromatic N) is 2. The van der Waals surface area contributed by atoms with E-state index in [-0.39, 0.29) is 5.82 Å². The van der Waals surface area contributed by atoms with Gasteiger partial charge in [0.05, 0.1) is 0 Å². The Morgan fingerprint density at radius 3 is 2.52 bits per heavy atom. The van der Waals surface area contributed by atoms with Crippen LogP contribution in [0.2, 0.25) is 0 Å². The second-order valence-corrected chi connectivity index (χ2v) is 5.50. The molecule has 0 saturated carbocycles. The van der Waals surface area contributed by atoms with Gasteiger partial charge in [0.15, 0.2) is 11.9 Å². The number of halogens is 1. The normalized spacial score (nSPS) is 11.9. The van der Waals surface area contributed by atoms with E-state index in [1.165, 1.54) is 12.1 Å². The zero-order chi connectivity index (χ0) is 17.8. The van der Waals surface area contributed by atoms with Crippen molar-refractivity contribution in [2.24, 2.45) is 5.73 Å². The average Bonchev–Trinajstić information content (AvgIpc) is 3.06. The van der Waals surface area contributed by atoms with Gasteiger partial charge in [0.2, 0.25) is 5.91 Å². The van der Waals surface area contributed by atoms with E-state index in [0.717, 1.165) is 5.56 Å². The summed E-state index contributed by atoms with van der Waals surface area (Å²) in [6.45, 7) is 1.77. The summed E-state index contributed by atoms with van der Waals surface area (Å²) in [6.07, 6.45) is -0.0297. The lowest BCUT2D eigenvalue weighted by molar-refractivity contribution is 0.1000. The van der Waals surface area contributed by atoms with E-state index in [4.69, 9.17) is 15.0 Å². The molecular weight excluding hydrogens is 325 g/mol. The fraction of sp³-hybridized carbons (Fsp3) is 0.167. The summed E-state index contributed by atoms with van der Waals surface area (Å²) >= 11 is 0. The van der Waals surface area contributed by atoms with Crippen LogP contribution in [0.3, 0.4) is 0 Å². The third kappa shape index (κ3) is 4.20. The molecule has 0 aliphatic carbocycles. The van der Waals surface area contributed by atoms with Crippen molar-refractivity contribution >= 4 is 5.91 Å². The minimum absolute atomic E-state index is 0.290. The maximum absolute atomic E-state index is 12.9. The number of aromatic nitrogens is 2. The molecule has 128 valence electrons. The maximum atomic E-state index is 12.9. The number of nitrogens with two attached hydrogens (primary N) is 1. The fourth-order valence-electron chi connectivity index (χ4n) is 2.24. The van der Waals surface area contributed by atoms with E-state index < -0.39 is 12.0 Å². The molecule has 0 saturated heterocycles. The topological polar surface area (TPSA) is 91.2 Å². The fourth-order valence-corrected chi connectivity index (χ4v) is 2.24. The quantitative estimate of drug-likeness (QED) is 0.744. The van der Waals surface area contributed by atoms with Crippen molar-refractivity contribution in [1.82, 2.24) is 10.1 Å². The number of hydrogen-bond acceptors (Lipinski definition) is 5. The zero-order valence-corrected chi connectivity index (χ0v) is 13.5. The molecule has 6 nitrogen and oxygen atoms in total. The Kier molecular flexibility index (Phi) is 4.74. The molecule has 1 amide bonds. The molecule has 2 aromatic carbocycles. The Hall–Kier alpha value is -3.22. The van der Waals surface area contributed by atoms with E-state index in [1.807, 2.05) is 0 Å². The van der Waals surface area contributed by atoms with Gasteiger partial charge in [-0.25, -0.2) is 4.39 Å². The number of ether oxygens (including phenoxy) is 1. The van der Waals surface area contributed by atoms with Gasteiger partial charge in [0, 0.05) is 12.0 Å². The van der Waals surface area contributed by atoms with Gasteiger partial charge < -0.3 is 15.0 Å². The first-order valence-electron chi connectivity index (χ1n) is 7.64. The third-order valence-electron chi connectivity index (χ3n) is 3.56. The second kappa shape index (κ2) is 7.12. The van der Waals surface area contributed by atoms with Crippen LogP contribution in [0, 0.1) is 5.82 Å². The monoisotopic (exact) mass is 341 g/mol. The number of hydrogen-bond donors (Lipinski definition) is 1. The van der Waals surface area contributed by atoms with Crippen LogP contribution in [0.1, 0.15) is 40.7 Å². The molecule has 0 radical (unpaired) electrons. The Balaban J connectivity index is 1.64. The lowest BCUT2D eigenvalue weighted by Gasteiger charge is -2.10. The van der Waals surface area contributed by atoms with Gasteiger partial charge in [0.1, 0.15) is 11.6 Å². The largest absolute Gasteiger partial charge is 0.481 e. The van der Waals surface area contributed by atoms with Crippen molar-refractivity contribution in [2.75, 3.05) is 0 Å². The molecular formula is C18H16FN3O3. The van der Waals surface area contributed by atoms with Crippen molar-refractivity contribution in [2.45, 2.75) is 19.4 Å². The number of benzene rings is 2. The second-order valence-electron chi connectivity index (χ2n) is 5.50. The van der Waals surface area contributed by atoms with Crippen LogP contribution in [0.5, 0.6) is 5.75 Å². The molecule has 0 fully saturated rings. The van der Waals surface area contributed by atoms with Crippen molar-refractivity contribution in [3.05, 3.63) is 77.2 Å². The molecule has 3 aromatic rings. The highest BCUT2D eigenvalue weighted by molar-refractivity contribution is 5.92. The van der Waals surface area contributed by atoms with E-state index in [9.17, 15) is 9.18 Å². The smallest absolute Gasteiger partial charge is 0.267 e. The predicted molar refractivity (Wildman–Crippen MR) is 87.5 cm³/mol. The Bertz CT molecular complexity index is 860. The van der Waals surface area contributed by atoms with Crippen molar-refractivity contribution in [1.29, 1.82) is 0 Å². The SMILES string of the molecule is C[C@H](Oc1ccc(C(N)=O)cc1)c1nc(Cc2ccc(F)cc2)no1. The van der Waals surface area contributed by atoms with E-state index in [1.54, 1.807) is 43.3 Å². The molecule has 0 aliphatic rings. The number of primary amides is 1. The Labute approximate surface area is 143 Å². The first-order valence-corrected chi connectivity index (χ1v) is 7.64. The molecule has 0 bridgehead atoms. The molecule has 3 rings (SSSR count). The van der Waals surface area contributed by atoms with Gasteiger partial charge in [-0.1, -0.05) is 17.3 Å². The van der Waals surface area contributed by atoms with Gasteiger partial charge in [-0.15, -0.1) is 0 Å². The molecule has 2 N–H and O–H groups in total. The number of rotatable bonds is 6. The third-order valence-corrected chi connectivity index (χ3v) is 3.56. The van der Waals surface area contributed by atoms with Gasteiger partial charge in [0.25, 0.3) is 5.89 Å². The molecule has 0 aliphatic heterocycles. The lowest BCUT2D eigenvalue weighted by Crippen LogP contribution is -2.10. The Morgan fingerprint density at radius 2 is 1.88 bits per heavy atom. The van der Waals surface area contributed by atoms with Crippen LogP contribution in [-0.2, 0) is 6.42 Å². The van der Waals surface area contributed by atoms with Crippen molar-refractivity contribution in [3.63, 3.8) is 0 Å². The molecule has 25 heavy (non-hydrogen) atoms. The van der Waals surface area contributed by atoms with Gasteiger partial charge in [-0.3, -0.25) is 4.79 Å². The summed E-state index contributed by atoms with van der Waals surface area (Å²) in [5.41, 5.74) is 6.48. The number of amides is 1. The standard InChI is InChI=1S/C18H16FN3O3/c1-11(24-15-8-4-13(5-9-15)17(20)23)18-21-16(22-25-18)10-12-2-6-14(19)7-3-12/h2-9,11H,10H2,1H3,(H2,20,23)/t11-/m0/s1. The van der Waals surface area contributed by atoms with Crippen molar-refractivity contribution < 1.29 is 18.4 Å². The van der Waals surface area contributed by atoms with Gasteiger partial charge in [-0.05, 0) is 48.9 Å². The molecule has 1 heterocycles. The first kappa shape index (κ1) is 16.6. The highest BCUT2D eigenvalue weighted by Gasteiger charge is 2.16. The van der Waals surface area contributed by atoms with Crippen LogP contribution in [0.4, 0.5) is 4.39 Å². The van der Waals surface area contributed by atoms with Crippen LogP contribution >= 0.6 is 0 Å². The minimum atomic E-state index is -0.498. The summed E-state index contributed by atoms with van der Waals surface area (Å²) in [4.78, 5) is 15.4. The van der Waals surface area contributed by atoms with Crippen LogP contribution in [0.15, 0.2) is 53.1 Å². The van der Waals surface area contributed by atoms with Crippen LogP contribution < -0.4 is 10.5 Å². The van der Waals surface area contributed by atoms with Crippen LogP contribution in [-0.4, -0.2) is 16.0 Å². The number of carbonyl (C=O) groups is 1. The van der Waals surface area contributed by atoms with E-state index >= 15 is 0 Å². The van der Waals surface area contributed by atoms with Gasteiger partial charge >= 0.3 is 0 Å². The average molecular weight is 341 g/mol. The molecule has 7 heteroatoms. The van der Waals surface area contributed by atoms with Crippen molar-refractivity contribution in [3.8, 4) is 5.75 Å². The molecule has 1 aromatic heterocycles. The summed E-state index contributed by atoms with van der Waals surface area (Å²) in [7, 11) is 0. The highest BCUT2D eigenvalue weighted by Crippen LogP contribution is 2.21. The van der Waals surface area contributed by atoms with E-state index in [0.29, 0.717) is 29.4 Å². The molecule has 0 spiro atoms. The number of carbonyl (C=O) groups excluding carboxylic acids is 1. The van der Waals surface area contributed by atoms with E-state index in [2.05, 4.69) is 10.1 Å². The predicted octanol–water partition coefficient (Wildman–Crippen LogP) is 3.04. The summed E-state index contributed by atoms with van der Waals surface area (Å²) in [5, 5.41) is 3.91. The van der Waals surface area contributed by atoms with Gasteiger partial charge in [-0.2, -0.15) is 4.98 Å².